The molecule has 1 aromatic heterocycles. The van der Waals surface area contributed by atoms with Gasteiger partial charge >= 0.3 is 0 Å². The Balaban J connectivity index is 1.45. The number of aryl methyl sites for hydroxylation is 2. The number of nitrogens with one attached hydrogen (secondary N) is 1. The van der Waals surface area contributed by atoms with Crippen LogP contribution in [0.25, 0.3) is 16.7 Å². The van der Waals surface area contributed by atoms with E-state index in [0.717, 1.165) is 41.0 Å². The summed E-state index contributed by atoms with van der Waals surface area (Å²) in [4.78, 5) is 4.60. The van der Waals surface area contributed by atoms with Crippen LogP contribution in [0.5, 0.6) is 0 Å². The predicted molar refractivity (Wildman–Crippen MR) is 146 cm³/mol. The number of benzene rings is 3. The summed E-state index contributed by atoms with van der Waals surface area (Å²) in [5.41, 5.74) is 8.03. The molecular weight excluding hydrogens is 412 g/mol. The summed E-state index contributed by atoms with van der Waals surface area (Å²) in [5.74, 6) is 0.806. The van der Waals surface area contributed by atoms with Crippen LogP contribution >= 0.6 is 0 Å². The topological polar surface area (TPSA) is 24.9 Å². The molecule has 0 unspecified atom stereocenters. The fourth-order valence-electron chi connectivity index (χ4n) is 3.80. The van der Waals surface area contributed by atoms with Crippen molar-refractivity contribution in [3.63, 3.8) is 0 Å². The number of para-hydroxylation sites is 1. The molecule has 4 rings (SSSR count). The van der Waals surface area contributed by atoms with E-state index in [9.17, 15) is 0 Å². The van der Waals surface area contributed by atoms with Crippen molar-refractivity contribution in [2.75, 3.05) is 5.32 Å². The number of hydrogen-bond acceptors (Lipinski definition) is 2. The van der Waals surface area contributed by atoms with E-state index in [-0.39, 0.29) is 0 Å². The Morgan fingerprint density at radius 1 is 0.794 bits per heavy atom. The lowest BCUT2D eigenvalue weighted by Gasteiger charge is -2.13. The Bertz CT molecular complexity index is 1260. The second kappa shape index (κ2) is 11.6. The van der Waals surface area contributed by atoms with Gasteiger partial charge in [-0.25, -0.2) is 4.98 Å². The number of aromatic nitrogens is 1. The van der Waals surface area contributed by atoms with Crippen LogP contribution in [0.3, 0.4) is 0 Å². The van der Waals surface area contributed by atoms with E-state index in [2.05, 4.69) is 89.7 Å². The molecule has 0 radical (unpaired) electrons. The summed E-state index contributed by atoms with van der Waals surface area (Å²) in [6.45, 7) is 6.11. The van der Waals surface area contributed by atoms with Crippen molar-refractivity contribution in [1.82, 2.24) is 4.98 Å². The van der Waals surface area contributed by atoms with E-state index in [1.807, 2.05) is 55.6 Å². The molecule has 1 heterocycles. The van der Waals surface area contributed by atoms with E-state index >= 15 is 0 Å². The molecule has 0 aliphatic heterocycles. The quantitative estimate of drug-likeness (QED) is 0.263. The molecule has 3 aromatic carbocycles. The molecule has 0 fully saturated rings. The van der Waals surface area contributed by atoms with Gasteiger partial charge < -0.3 is 5.32 Å². The zero-order chi connectivity index (χ0) is 23.6. The molecule has 0 aliphatic rings. The highest BCUT2D eigenvalue weighted by Crippen LogP contribution is 2.30. The van der Waals surface area contributed by atoms with Crippen LogP contribution in [0.4, 0.5) is 11.5 Å². The minimum atomic E-state index is 0.806. The van der Waals surface area contributed by atoms with Gasteiger partial charge in [0.15, 0.2) is 0 Å². The molecule has 0 atom stereocenters. The Labute approximate surface area is 203 Å². The van der Waals surface area contributed by atoms with Crippen molar-refractivity contribution in [2.24, 2.45) is 0 Å². The van der Waals surface area contributed by atoms with E-state index in [4.69, 9.17) is 0 Å². The summed E-state index contributed by atoms with van der Waals surface area (Å²) < 4.78 is 0. The maximum Gasteiger partial charge on any atom is 0.130 e. The summed E-state index contributed by atoms with van der Waals surface area (Å²) >= 11 is 0. The summed E-state index contributed by atoms with van der Waals surface area (Å²) in [6.07, 6.45) is 11.9. The number of allylic oxidation sites excluding steroid dienone is 5. The molecule has 0 saturated heterocycles. The second-order valence-corrected chi connectivity index (χ2v) is 8.20. The first-order valence-corrected chi connectivity index (χ1v) is 11.7. The smallest absolute Gasteiger partial charge is 0.130 e. The van der Waals surface area contributed by atoms with Gasteiger partial charge in [-0.1, -0.05) is 104 Å². The van der Waals surface area contributed by atoms with Gasteiger partial charge in [0, 0.05) is 17.4 Å². The first kappa shape index (κ1) is 23.0. The van der Waals surface area contributed by atoms with Crippen molar-refractivity contribution < 1.29 is 0 Å². The summed E-state index contributed by atoms with van der Waals surface area (Å²) in [5, 5.41) is 3.48. The Hall–Kier alpha value is -4.17. The third kappa shape index (κ3) is 6.20. The molecule has 2 heteroatoms. The van der Waals surface area contributed by atoms with E-state index in [1.165, 1.54) is 16.7 Å². The van der Waals surface area contributed by atoms with Crippen LogP contribution in [0, 0.1) is 0 Å². The van der Waals surface area contributed by atoms with Gasteiger partial charge in [-0.15, -0.1) is 0 Å². The fraction of sp³-hybridized carbons (Fsp3) is 0.0938. The first-order valence-electron chi connectivity index (χ1n) is 11.7. The molecule has 0 saturated carbocycles. The monoisotopic (exact) mass is 442 g/mol. The van der Waals surface area contributed by atoms with Crippen LogP contribution in [0.15, 0.2) is 128 Å². The second-order valence-electron chi connectivity index (χ2n) is 8.20. The van der Waals surface area contributed by atoms with Gasteiger partial charge in [-0.05, 0) is 65.8 Å². The number of hydrogen-bond donors (Lipinski definition) is 1. The Morgan fingerprint density at radius 2 is 1.50 bits per heavy atom. The highest BCUT2D eigenvalue weighted by Gasteiger charge is 2.07. The highest BCUT2D eigenvalue weighted by molar-refractivity contribution is 5.81. The number of anilines is 2. The predicted octanol–water partition coefficient (Wildman–Crippen LogP) is 8.42. The minimum absolute atomic E-state index is 0.806. The van der Waals surface area contributed by atoms with Crippen molar-refractivity contribution in [3.05, 3.63) is 145 Å². The number of pyridine rings is 1. The maximum atomic E-state index is 4.60. The maximum absolute atomic E-state index is 4.60. The molecule has 34 heavy (non-hydrogen) atoms. The molecule has 2 nitrogen and oxygen atoms in total. The third-order valence-electron chi connectivity index (χ3n) is 5.74. The molecule has 0 spiro atoms. The van der Waals surface area contributed by atoms with Crippen LogP contribution < -0.4 is 5.32 Å². The van der Waals surface area contributed by atoms with E-state index < -0.39 is 0 Å². The molecule has 0 amide bonds. The molecule has 0 bridgehead atoms. The Kier molecular flexibility index (Phi) is 7.86. The van der Waals surface area contributed by atoms with Gasteiger partial charge in [0.1, 0.15) is 5.82 Å². The number of rotatable bonds is 9. The highest BCUT2D eigenvalue weighted by atomic mass is 15.0. The lowest BCUT2D eigenvalue weighted by atomic mass is 9.99. The van der Waals surface area contributed by atoms with Crippen LogP contribution in [-0.4, -0.2) is 4.98 Å². The standard InChI is InChI=1S/C32H30N2/c1-3-4-6-11-25(2)29-22-23-32(33-24-29)34-31-15-10-9-14-30(31)28-20-18-27(19-21-28)17-16-26-12-7-5-8-13-26/h3-15,18-24H,2,16-17H2,1H3,(H,33,34)/b4-3-,11-6-. The Morgan fingerprint density at radius 3 is 2.21 bits per heavy atom. The zero-order valence-corrected chi connectivity index (χ0v) is 19.6. The lowest BCUT2D eigenvalue weighted by Crippen LogP contribution is -1.96. The zero-order valence-electron chi connectivity index (χ0n) is 19.6. The van der Waals surface area contributed by atoms with Crippen LogP contribution in [-0.2, 0) is 12.8 Å². The average molecular weight is 443 g/mol. The average Bonchev–Trinajstić information content (AvgIpc) is 2.89. The van der Waals surface area contributed by atoms with Gasteiger partial charge in [0.05, 0.1) is 0 Å². The molecule has 4 aromatic rings. The summed E-state index contributed by atoms with van der Waals surface area (Å²) in [6, 6.07) is 31.9. The molecule has 0 aliphatic carbocycles. The third-order valence-corrected chi connectivity index (χ3v) is 5.74. The van der Waals surface area contributed by atoms with Crippen molar-refractivity contribution >= 4 is 17.1 Å². The summed E-state index contributed by atoms with van der Waals surface area (Å²) in [7, 11) is 0. The van der Waals surface area contributed by atoms with Crippen molar-refractivity contribution in [2.45, 2.75) is 19.8 Å². The number of nitrogens with zero attached hydrogens (tertiary/aromatic N) is 1. The SMILES string of the molecule is C=C(/C=C\C=C/C)c1ccc(Nc2ccccc2-c2ccc(CCc3ccccc3)cc2)nc1. The van der Waals surface area contributed by atoms with Gasteiger partial charge in [0.2, 0.25) is 0 Å². The lowest BCUT2D eigenvalue weighted by molar-refractivity contribution is 0.960. The van der Waals surface area contributed by atoms with Gasteiger partial charge in [-0.3, -0.25) is 0 Å². The molecular formula is C32H30N2. The van der Waals surface area contributed by atoms with Crippen LogP contribution in [0.1, 0.15) is 23.6 Å². The van der Waals surface area contributed by atoms with Gasteiger partial charge in [0.25, 0.3) is 0 Å². The van der Waals surface area contributed by atoms with Gasteiger partial charge in [-0.2, -0.15) is 0 Å². The molecule has 168 valence electrons. The minimum Gasteiger partial charge on any atom is -0.340 e. The molecule has 1 N–H and O–H groups in total. The fourth-order valence-corrected chi connectivity index (χ4v) is 3.80. The normalized spacial score (nSPS) is 11.2. The largest absolute Gasteiger partial charge is 0.340 e. The van der Waals surface area contributed by atoms with E-state index in [1.54, 1.807) is 0 Å². The van der Waals surface area contributed by atoms with E-state index in [0.29, 0.717) is 0 Å². The van der Waals surface area contributed by atoms with Crippen molar-refractivity contribution in [1.29, 1.82) is 0 Å². The van der Waals surface area contributed by atoms with Crippen molar-refractivity contribution in [3.8, 4) is 11.1 Å². The van der Waals surface area contributed by atoms with Crippen LogP contribution in [0.2, 0.25) is 0 Å². The first-order chi connectivity index (χ1) is 16.7.